The molecule has 1 atom stereocenters. The van der Waals surface area contributed by atoms with E-state index in [9.17, 15) is 9.50 Å². The van der Waals surface area contributed by atoms with Gasteiger partial charge >= 0.3 is 0 Å². The van der Waals surface area contributed by atoms with E-state index in [1.54, 1.807) is 32.3 Å². The van der Waals surface area contributed by atoms with Crippen LogP contribution in [0.3, 0.4) is 0 Å². The van der Waals surface area contributed by atoms with Crippen LogP contribution in [0.15, 0.2) is 42.4 Å². The van der Waals surface area contributed by atoms with Crippen molar-refractivity contribution in [3.63, 3.8) is 0 Å². The fraction of sp³-hybridized carbons (Fsp3) is 0.381. The van der Waals surface area contributed by atoms with Crippen molar-refractivity contribution in [1.29, 1.82) is 5.41 Å². The summed E-state index contributed by atoms with van der Waals surface area (Å²) in [5.41, 5.74) is 3.71. The molecule has 0 aliphatic heterocycles. The van der Waals surface area contributed by atoms with Crippen molar-refractivity contribution in [3.8, 4) is 11.3 Å². The molecule has 5 nitrogen and oxygen atoms in total. The van der Waals surface area contributed by atoms with Gasteiger partial charge in [0.1, 0.15) is 5.82 Å². The minimum absolute atomic E-state index is 0.403. The van der Waals surface area contributed by atoms with E-state index in [1.807, 2.05) is 6.20 Å². The van der Waals surface area contributed by atoms with E-state index in [-0.39, 0.29) is 0 Å². The molecule has 1 saturated carbocycles. The summed E-state index contributed by atoms with van der Waals surface area (Å²) in [6, 6.07) is 4.31. The van der Waals surface area contributed by atoms with E-state index in [0.29, 0.717) is 34.6 Å². The molecule has 0 unspecified atom stereocenters. The Morgan fingerprint density at radius 2 is 2.11 bits per heavy atom. The fourth-order valence-corrected chi connectivity index (χ4v) is 2.96. The number of aliphatic hydroxyl groups excluding tert-OH is 1. The van der Waals surface area contributed by atoms with Crippen LogP contribution in [-0.4, -0.2) is 27.3 Å². The van der Waals surface area contributed by atoms with E-state index in [0.717, 1.165) is 18.0 Å². The lowest BCUT2D eigenvalue weighted by Gasteiger charge is -2.15. The van der Waals surface area contributed by atoms with Gasteiger partial charge < -0.3 is 15.8 Å². The fourth-order valence-electron chi connectivity index (χ4n) is 2.96. The smallest absolute Gasteiger partial charge is 0.123 e. The van der Waals surface area contributed by atoms with E-state index in [1.165, 1.54) is 25.0 Å². The van der Waals surface area contributed by atoms with Gasteiger partial charge in [-0.25, -0.2) is 4.39 Å². The number of hydrogen-bond acceptors (Lipinski definition) is 5. The summed E-state index contributed by atoms with van der Waals surface area (Å²) in [4.78, 5) is 8.89. The Balaban J connectivity index is 1.92. The summed E-state index contributed by atoms with van der Waals surface area (Å²) in [5.74, 6) is 0.341. The van der Waals surface area contributed by atoms with Crippen molar-refractivity contribution in [2.24, 2.45) is 5.92 Å². The number of aromatic nitrogens is 2. The van der Waals surface area contributed by atoms with Gasteiger partial charge in [-0.3, -0.25) is 9.97 Å². The lowest BCUT2D eigenvalue weighted by Crippen LogP contribution is -2.14. The third kappa shape index (κ3) is 4.98. The van der Waals surface area contributed by atoms with Gasteiger partial charge in [-0.05, 0) is 61.9 Å². The Morgan fingerprint density at radius 1 is 1.37 bits per heavy atom. The molecule has 1 aromatic heterocycles. The number of hydrogen-bond donors (Lipinski definition) is 3. The maximum absolute atomic E-state index is 13.7. The molecule has 142 valence electrons. The zero-order valence-electron chi connectivity index (χ0n) is 15.7. The molecule has 1 heterocycles. The highest BCUT2D eigenvalue weighted by Gasteiger charge is 2.20. The van der Waals surface area contributed by atoms with Crippen LogP contribution in [0.1, 0.15) is 44.1 Å². The lowest BCUT2D eigenvalue weighted by molar-refractivity contribution is 0.199. The monoisotopic (exact) mass is 368 g/mol. The molecule has 1 fully saturated rings. The quantitative estimate of drug-likeness (QED) is 0.619. The largest absolute Gasteiger partial charge is 0.390 e. The standard InChI is InChI=1S/C21H25FN4O/c1-13(23)16(12-24-11-15-3-4-15)9-20-21(26-8-7-25-20)18-6-5-17(22)10-19(18)14(2)27/h5-8,10,12,14-15,23-24,27H,3-4,9,11H2,1-2H3/b16-12-,23-13?/t14-/m1/s1. The average molecular weight is 368 g/mol. The number of aliphatic hydroxyl groups is 1. The highest BCUT2D eigenvalue weighted by Crippen LogP contribution is 2.30. The normalized spacial score (nSPS) is 15.5. The lowest BCUT2D eigenvalue weighted by atomic mass is 9.96. The molecule has 1 aliphatic carbocycles. The van der Waals surface area contributed by atoms with Gasteiger partial charge in [0.05, 0.1) is 17.5 Å². The van der Waals surface area contributed by atoms with Gasteiger partial charge in [-0.2, -0.15) is 0 Å². The van der Waals surface area contributed by atoms with Crippen LogP contribution in [0.4, 0.5) is 4.39 Å². The number of allylic oxidation sites excluding steroid dienone is 1. The van der Waals surface area contributed by atoms with Crippen molar-refractivity contribution >= 4 is 5.71 Å². The number of nitrogens with zero attached hydrogens (tertiary/aromatic N) is 2. The van der Waals surface area contributed by atoms with Crippen LogP contribution in [0.25, 0.3) is 11.3 Å². The van der Waals surface area contributed by atoms with Crippen LogP contribution in [-0.2, 0) is 6.42 Å². The first-order chi connectivity index (χ1) is 13.0. The Kier molecular flexibility index (Phi) is 5.96. The summed E-state index contributed by atoms with van der Waals surface area (Å²) in [6.07, 6.45) is 7.22. The molecule has 2 aromatic rings. The number of benzene rings is 1. The molecule has 0 spiro atoms. The van der Waals surface area contributed by atoms with Crippen molar-refractivity contribution in [2.75, 3.05) is 6.54 Å². The molecule has 0 radical (unpaired) electrons. The first kappa shape index (κ1) is 19.2. The first-order valence-electron chi connectivity index (χ1n) is 9.21. The third-order valence-corrected chi connectivity index (χ3v) is 4.71. The summed E-state index contributed by atoms with van der Waals surface area (Å²) in [7, 11) is 0. The maximum Gasteiger partial charge on any atom is 0.123 e. The molecular weight excluding hydrogens is 343 g/mol. The van der Waals surface area contributed by atoms with Crippen LogP contribution in [0.5, 0.6) is 0 Å². The summed E-state index contributed by atoms with van der Waals surface area (Å²) in [5, 5.41) is 21.4. The molecule has 6 heteroatoms. The van der Waals surface area contributed by atoms with Crippen molar-refractivity contribution in [2.45, 2.75) is 39.2 Å². The van der Waals surface area contributed by atoms with Gasteiger partial charge in [-0.1, -0.05) is 0 Å². The zero-order chi connectivity index (χ0) is 19.4. The first-order valence-corrected chi connectivity index (χ1v) is 9.21. The van der Waals surface area contributed by atoms with Gasteiger partial charge in [0.2, 0.25) is 0 Å². The van der Waals surface area contributed by atoms with Crippen LogP contribution >= 0.6 is 0 Å². The average Bonchev–Trinajstić information content (AvgIpc) is 3.45. The highest BCUT2D eigenvalue weighted by molar-refractivity contribution is 5.96. The van der Waals surface area contributed by atoms with Gasteiger partial charge in [0.15, 0.2) is 0 Å². The van der Waals surface area contributed by atoms with E-state index in [4.69, 9.17) is 5.41 Å². The second-order valence-corrected chi connectivity index (χ2v) is 7.08. The summed E-state index contributed by atoms with van der Waals surface area (Å²) < 4.78 is 13.7. The van der Waals surface area contributed by atoms with Crippen molar-refractivity contribution < 1.29 is 9.50 Å². The van der Waals surface area contributed by atoms with E-state index in [2.05, 4.69) is 15.3 Å². The molecule has 0 amide bonds. The Morgan fingerprint density at radius 3 is 2.78 bits per heavy atom. The van der Waals surface area contributed by atoms with E-state index < -0.39 is 11.9 Å². The van der Waals surface area contributed by atoms with Crippen LogP contribution < -0.4 is 5.32 Å². The number of halogens is 1. The van der Waals surface area contributed by atoms with Gasteiger partial charge in [0, 0.05) is 42.8 Å². The zero-order valence-corrected chi connectivity index (χ0v) is 15.7. The Labute approximate surface area is 158 Å². The molecule has 3 rings (SSSR count). The van der Waals surface area contributed by atoms with E-state index >= 15 is 0 Å². The minimum Gasteiger partial charge on any atom is -0.390 e. The third-order valence-electron chi connectivity index (χ3n) is 4.71. The second-order valence-electron chi connectivity index (χ2n) is 7.08. The molecule has 3 N–H and O–H groups in total. The number of nitrogens with one attached hydrogen (secondary N) is 2. The Hall–Kier alpha value is -2.60. The van der Waals surface area contributed by atoms with Crippen LogP contribution in [0, 0.1) is 17.1 Å². The molecular formula is C21H25FN4O. The minimum atomic E-state index is -0.828. The van der Waals surface area contributed by atoms with Crippen LogP contribution in [0.2, 0.25) is 0 Å². The molecule has 1 aromatic carbocycles. The molecule has 27 heavy (non-hydrogen) atoms. The Bertz CT molecular complexity index is 859. The SMILES string of the molecule is CC(=N)/C(=C\NCC1CC1)Cc1nccnc1-c1ccc(F)cc1[C@@H](C)O. The summed E-state index contributed by atoms with van der Waals surface area (Å²) in [6.45, 7) is 4.28. The number of rotatable bonds is 8. The van der Waals surface area contributed by atoms with Crippen molar-refractivity contribution in [1.82, 2.24) is 15.3 Å². The molecule has 0 bridgehead atoms. The molecule has 0 saturated heterocycles. The maximum atomic E-state index is 13.7. The summed E-state index contributed by atoms with van der Waals surface area (Å²) >= 11 is 0. The predicted octanol–water partition coefficient (Wildman–Crippen LogP) is 3.80. The second kappa shape index (κ2) is 8.39. The highest BCUT2D eigenvalue weighted by atomic mass is 19.1. The van der Waals surface area contributed by atoms with Crippen molar-refractivity contribution in [3.05, 3.63) is 59.4 Å². The topological polar surface area (TPSA) is 81.9 Å². The van der Waals surface area contributed by atoms with Gasteiger partial charge in [0.25, 0.3) is 0 Å². The molecule has 1 aliphatic rings. The van der Waals surface area contributed by atoms with Gasteiger partial charge in [-0.15, -0.1) is 0 Å². The predicted molar refractivity (Wildman–Crippen MR) is 104 cm³/mol.